The van der Waals surface area contributed by atoms with Gasteiger partial charge in [0.05, 0.1) is 6.61 Å². The minimum absolute atomic E-state index is 0.266. The van der Waals surface area contributed by atoms with Gasteiger partial charge in [0.1, 0.15) is 5.75 Å². The highest BCUT2D eigenvalue weighted by molar-refractivity contribution is 5.99. The highest BCUT2D eigenvalue weighted by Gasteiger charge is 2.02. The van der Waals surface area contributed by atoms with E-state index < -0.39 is 0 Å². The third-order valence-electron chi connectivity index (χ3n) is 2.73. The highest BCUT2D eigenvalue weighted by atomic mass is 16.5. The van der Waals surface area contributed by atoms with Gasteiger partial charge in [0.2, 0.25) is 0 Å². The lowest BCUT2D eigenvalue weighted by Gasteiger charge is -2.09. The second-order valence-corrected chi connectivity index (χ2v) is 4.40. The van der Waals surface area contributed by atoms with Gasteiger partial charge >= 0.3 is 6.03 Å². The van der Waals surface area contributed by atoms with Crippen LogP contribution in [-0.2, 0) is 0 Å². The van der Waals surface area contributed by atoms with Crippen molar-refractivity contribution in [2.75, 3.05) is 17.2 Å². The molecule has 0 aromatic heterocycles. The number of carbonyl (C=O) groups excluding carboxylic acids is 1. The lowest BCUT2D eigenvalue weighted by atomic mass is 10.2. The minimum atomic E-state index is -0.266. The van der Waals surface area contributed by atoms with Crippen molar-refractivity contribution in [3.8, 4) is 5.75 Å². The van der Waals surface area contributed by atoms with E-state index in [9.17, 15) is 4.79 Å². The van der Waals surface area contributed by atoms with E-state index in [1.54, 1.807) is 12.1 Å². The molecule has 0 saturated heterocycles. The number of nitrogens with one attached hydrogen (secondary N) is 2. The van der Waals surface area contributed by atoms with E-state index in [2.05, 4.69) is 10.6 Å². The van der Waals surface area contributed by atoms with Gasteiger partial charge in [-0.3, -0.25) is 0 Å². The van der Waals surface area contributed by atoms with Crippen LogP contribution in [0.25, 0.3) is 0 Å². The topological polar surface area (TPSA) is 50.4 Å². The predicted molar refractivity (Wildman–Crippen MR) is 81.4 cm³/mol. The molecule has 2 amide bonds. The maximum atomic E-state index is 11.8. The fourth-order valence-corrected chi connectivity index (χ4v) is 1.73. The average Bonchev–Trinajstić information content (AvgIpc) is 2.44. The Labute approximate surface area is 118 Å². The van der Waals surface area contributed by atoms with Crippen LogP contribution in [0.5, 0.6) is 5.75 Å². The van der Waals surface area contributed by atoms with E-state index in [-0.39, 0.29) is 6.03 Å². The molecule has 0 aliphatic rings. The molecule has 0 atom stereocenters. The van der Waals surface area contributed by atoms with Crippen molar-refractivity contribution in [2.24, 2.45) is 0 Å². The number of hydrogen-bond donors (Lipinski definition) is 2. The highest BCUT2D eigenvalue weighted by Crippen LogP contribution is 2.16. The number of benzene rings is 2. The largest absolute Gasteiger partial charge is 0.494 e. The van der Waals surface area contributed by atoms with Crippen molar-refractivity contribution in [1.29, 1.82) is 0 Å². The molecule has 2 rings (SSSR count). The Hall–Kier alpha value is -2.49. The second-order valence-electron chi connectivity index (χ2n) is 4.40. The summed E-state index contributed by atoms with van der Waals surface area (Å²) in [6.45, 7) is 4.56. The molecule has 0 saturated carbocycles. The van der Waals surface area contributed by atoms with Crippen molar-refractivity contribution < 1.29 is 9.53 Å². The van der Waals surface area contributed by atoms with Gasteiger partial charge in [-0.05, 0) is 50.2 Å². The summed E-state index contributed by atoms with van der Waals surface area (Å²) >= 11 is 0. The molecule has 2 N–H and O–H groups in total. The molecule has 4 heteroatoms. The average molecular weight is 270 g/mol. The molecule has 104 valence electrons. The maximum absolute atomic E-state index is 11.8. The van der Waals surface area contributed by atoms with Crippen LogP contribution < -0.4 is 15.4 Å². The zero-order valence-corrected chi connectivity index (χ0v) is 11.6. The quantitative estimate of drug-likeness (QED) is 0.881. The van der Waals surface area contributed by atoms with Gasteiger partial charge in [0, 0.05) is 11.4 Å². The molecule has 4 nitrogen and oxygen atoms in total. The Morgan fingerprint density at radius 3 is 1.95 bits per heavy atom. The number of anilines is 2. The lowest BCUT2D eigenvalue weighted by Crippen LogP contribution is -2.19. The van der Waals surface area contributed by atoms with Crippen LogP contribution in [0.15, 0.2) is 48.5 Å². The van der Waals surface area contributed by atoms with Crippen LogP contribution in [0.1, 0.15) is 12.5 Å². The molecule has 2 aromatic rings. The Balaban J connectivity index is 1.92. The SMILES string of the molecule is CCOc1ccc(NC(=O)Nc2ccc(C)cc2)cc1. The van der Waals surface area contributed by atoms with Crippen molar-refractivity contribution in [3.05, 3.63) is 54.1 Å². The fourth-order valence-electron chi connectivity index (χ4n) is 1.73. The third-order valence-corrected chi connectivity index (χ3v) is 2.73. The van der Waals surface area contributed by atoms with E-state index >= 15 is 0 Å². The molecule has 0 spiro atoms. The second kappa shape index (κ2) is 6.61. The van der Waals surface area contributed by atoms with Crippen LogP contribution in [0.2, 0.25) is 0 Å². The summed E-state index contributed by atoms with van der Waals surface area (Å²) in [5.74, 6) is 0.789. The molecule has 0 fully saturated rings. The number of carbonyl (C=O) groups is 1. The van der Waals surface area contributed by atoms with E-state index in [4.69, 9.17) is 4.74 Å². The third kappa shape index (κ3) is 4.02. The van der Waals surface area contributed by atoms with E-state index in [0.717, 1.165) is 22.7 Å². The normalized spacial score (nSPS) is 9.90. The summed E-state index contributed by atoms with van der Waals surface area (Å²) in [5, 5.41) is 5.54. The van der Waals surface area contributed by atoms with Gasteiger partial charge in [-0.15, -0.1) is 0 Å². The Bertz CT molecular complexity index is 562. The number of urea groups is 1. The van der Waals surface area contributed by atoms with Gasteiger partial charge in [0.25, 0.3) is 0 Å². The van der Waals surface area contributed by atoms with Crippen molar-refractivity contribution in [2.45, 2.75) is 13.8 Å². The smallest absolute Gasteiger partial charge is 0.323 e. The first-order valence-electron chi connectivity index (χ1n) is 6.55. The first kappa shape index (κ1) is 13.9. The lowest BCUT2D eigenvalue weighted by molar-refractivity contribution is 0.262. The summed E-state index contributed by atoms with van der Waals surface area (Å²) in [7, 11) is 0. The number of rotatable bonds is 4. The minimum Gasteiger partial charge on any atom is -0.494 e. The van der Waals surface area contributed by atoms with Gasteiger partial charge in [-0.1, -0.05) is 17.7 Å². The van der Waals surface area contributed by atoms with Gasteiger partial charge in [-0.2, -0.15) is 0 Å². The predicted octanol–water partition coefficient (Wildman–Crippen LogP) is 4.04. The summed E-state index contributed by atoms with van der Waals surface area (Å²) in [4.78, 5) is 11.8. The van der Waals surface area contributed by atoms with Gasteiger partial charge in [-0.25, -0.2) is 4.79 Å². The van der Waals surface area contributed by atoms with Crippen LogP contribution in [0.4, 0.5) is 16.2 Å². The van der Waals surface area contributed by atoms with Crippen LogP contribution in [0.3, 0.4) is 0 Å². The number of amides is 2. The molecule has 0 unspecified atom stereocenters. The molecule has 0 heterocycles. The zero-order chi connectivity index (χ0) is 14.4. The van der Waals surface area contributed by atoms with Crippen molar-refractivity contribution in [1.82, 2.24) is 0 Å². The molecule has 0 aliphatic carbocycles. The molecular weight excluding hydrogens is 252 g/mol. The van der Waals surface area contributed by atoms with Crippen molar-refractivity contribution in [3.63, 3.8) is 0 Å². The Morgan fingerprint density at radius 1 is 0.950 bits per heavy atom. The number of aryl methyl sites for hydroxylation is 1. The van der Waals surface area contributed by atoms with Crippen LogP contribution in [-0.4, -0.2) is 12.6 Å². The van der Waals surface area contributed by atoms with E-state index in [0.29, 0.717) is 6.61 Å². The summed E-state index contributed by atoms with van der Waals surface area (Å²) in [6.07, 6.45) is 0. The number of ether oxygens (including phenoxy) is 1. The zero-order valence-electron chi connectivity index (χ0n) is 11.6. The molecule has 20 heavy (non-hydrogen) atoms. The maximum Gasteiger partial charge on any atom is 0.323 e. The van der Waals surface area contributed by atoms with Crippen LogP contribution >= 0.6 is 0 Å². The summed E-state index contributed by atoms with van der Waals surface area (Å²) in [6, 6.07) is 14.6. The molecule has 0 aliphatic heterocycles. The molecule has 0 radical (unpaired) electrons. The molecule has 0 bridgehead atoms. The standard InChI is InChI=1S/C16H18N2O2/c1-3-20-15-10-8-14(9-11-15)18-16(19)17-13-6-4-12(2)5-7-13/h4-11H,3H2,1-2H3,(H2,17,18,19). The summed E-state index contributed by atoms with van der Waals surface area (Å²) in [5.41, 5.74) is 2.64. The first-order valence-corrected chi connectivity index (χ1v) is 6.55. The van der Waals surface area contributed by atoms with E-state index in [1.165, 1.54) is 0 Å². The fraction of sp³-hybridized carbons (Fsp3) is 0.188. The molecular formula is C16H18N2O2. The Morgan fingerprint density at radius 2 is 1.45 bits per heavy atom. The van der Waals surface area contributed by atoms with Crippen LogP contribution in [0, 0.1) is 6.92 Å². The van der Waals surface area contributed by atoms with Crippen molar-refractivity contribution >= 4 is 17.4 Å². The monoisotopic (exact) mass is 270 g/mol. The molecule has 2 aromatic carbocycles. The van der Waals surface area contributed by atoms with Gasteiger partial charge < -0.3 is 15.4 Å². The van der Waals surface area contributed by atoms with Gasteiger partial charge in [0.15, 0.2) is 0 Å². The summed E-state index contributed by atoms with van der Waals surface area (Å²) < 4.78 is 5.34. The Kier molecular flexibility index (Phi) is 4.60. The van der Waals surface area contributed by atoms with E-state index in [1.807, 2.05) is 50.2 Å². The first-order chi connectivity index (χ1) is 9.67. The number of hydrogen-bond acceptors (Lipinski definition) is 2.